The number of rotatable bonds is 6. The third kappa shape index (κ3) is 2.91. The Bertz CT molecular complexity index is 598. The highest BCUT2D eigenvalue weighted by Gasteiger charge is 2.31. The third-order valence-corrected chi connectivity index (χ3v) is 3.96. The van der Waals surface area contributed by atoms with Gasteiger partial charge in [-0.15, -0.1) is 0 Å². The van der Waals surface area contributed by atoms with Gasteiger partial charge in [-0.05, 0) is 36.6 Å². The van der Waals surface area contributed by atoms with Gasteiger partial charge in [0.25, 0.3) is 0 Å². The Balaban J connectivity index is 2.30. The van der Waals surface area contributed by atoms with Gasteiger partial charge in [-0.1, -0.05) is 49.4 Å². The Morgan fingerprint density at radius 2 is 1.80 bits per heavy atom. The molecular formula is C18H22O2. The van der Waals surface area contributed by atoms with Gasteiger partial charge in [-0.3, -0.25) is 4.79 Å². The molecule has 106 valence electrons. The van der Waals surface area contributed by atoms with Gasteiger partial charge in [0.15, 0.2) is 5.78 Å². The smallest absolute Gasteiger partial charge is 0.168 e. The van der Waals surface area contributed by atoms with E-state index in [1.54, 1.807) is 0 Å². The van der Waals surface area contributed by atoms with Gasteiger partial charge < -0.3 is 4.74 Å². The van der Waals surface area contributed by atoms with Gasteiger partial charge in [0.05, 0.1) is 0 Å². The monoisotopic (exact) mass is 270 g/mol. The minimum atomic E-state index is -0.675. The normalized spacial score (nSPS) is 14.2. The van der Waals surface area contributed by atoms with Gasteiger partial charge in [0, 0.05) is 13.0 Å². The molecule has 2 nitrogen and oxygen atoms in total. The van der Waals surface area contributed by atoms with Crippen LogP contribution in [-0.2, 0) is 16.0 Å². The fourth-order valence-corrected chi connectivity index (χ4v) is 2.50. The molecule has 0 spiro atoms. The average molecular weight is 270 g/mol. The summed E-state index contributed by atoms with van der Waals surface area (Å²) < 4.78 is 5.68. The zero-order valence-corrected chi connectivity index (χ0v) is 12.5. The number of ketones is 1. The lowest BCUT2D eigenvalue weighted by atomic mass is 9.90. The average Bonchev–Trinajstić information content (AvgIpc) is 2.47. The van der Waals surface area contributed by atoms with Crippen molar-refractivity contribution in [2.24, 2.45) is 0 Å². The second-order valence-corrected chi connectivity index (χ2v) is 5.26. The molecule has 2 rings (SSSR count). The van der Waals surface area contributed by atoms with E-state index in [1.165, 1.54) is 5.39 Å². The SMILES string of the molecule is CCOC(C)(CC)C(=O)Cc1cccc2ccccc12. The Kier molecular flexibility index (Phi) is 4.56. The molecule has 0 radical (unpaired) electrons. The second kappa shape index (κ2) is 6.19. The minimum absolute atomic E-state index is 0.151. The van der Waals surface area contributed by atoms with E-state index in [9.17, 15) is 4.79 Å². The lowest BCUT2D eigenvalue weighted by Gasteiger charge is -2.26. The van der Waals surface area contributed by atoms with Crippen molar-refractivity contribution in [1.82, 2.24) is 0 Å². The summed E-state index contributed by atoms with van der Waals surface area (Å²) in [5, 5.41) is 2.32. The molecule has 0 N–H and O–H groups in total. The lowest BCUT2D eigenvalue weighted by Crippen LogP contribution is -2.39. The molecule has 0 saturated heterocycles. The number of hydrogen-bond donors (Lipinski definition) is 0. The number of Topliss-reactive ketones (excluding diaryl/α,β-unsaturated/α-hetero) is 1. The van der Waals surface area contributed by atoms with Crippen LogP contribution in [0, 0.1) is 0 Å². The summed E-state index contributed by atoms with van der Waals surface area (Å²) in [5.41, 5.74) is 0.401. The summed E-state index contributed by atoms with van der Waals surface area (Å²) in [6.45, 7) is 6.38. The summed E-state index contributed by atoms with van der Waals surface area (Å²) in [4.78, 5) is 12.6. The molecule has 0 amide bonds. The molecular weight excluding hydrogens is 248 g/mol. The molecule has 2 aromatic carbocycles. The van der Waals surface area contributed by atoms with Crippen molar-refractivity contribution in [2.45, 2.75) is 39.2 Å². The molecule has 0 fully saturated rings. The van der Waals surface area contributed by atoms with Gasteiger partial charge in [-0.2, -0.15) is 0 Å². The zero-order valence-electron chi connectivity index (χ0n) is 12.5. The van der Waals surface area contributed by atoms with Gasteiger partial charge in [0.1, 0.15) is 5.60 Å². The summed E-state index contributed by atoms with van der Waals surface area (Å²) in [7, 11) is 0. The molecule has 0 saturated carbocycles. The first-order chi connectivity index (χ1) is 9.60. The van der Waals surface area contributed by atoms with Crippen molar-refractivity contribution in [2.75, 3.05) is 6.61 Å². The Hall–Kier alpha value is -1.67. The van der Waals surface area contributed by atoms with Gasteiger partial charge >= 0.3 is 0 Å². The Morgan fingerprint density at radius 1 is 1.10 bits per heavy atom. The summed E-state index contributed by atoms with van der Waals surface area (Å²) in [6.07, 6.45) is 1.12. The van der Waals surface area contributed by atoms with Crippen LogP contribution in [0.5, 0.6) is 0 Å². The number of benzene rings is 2. The molecule has 2 aromatic rings. The number of fused-ring (bicyclic) bond motifs is 1. The minimum Gasteiger partial charge on any atom is -0.368 e. The van der Waals surface area contributed by atoms with Crippen LogP contribution in [0.2, 0.25) is 0 Å². The molecule has 0 bridgehead atoms. The lowest BCUT2D eigenvalue weighted by molar-refractivity contribution is -0.141. The summed E-state index contributed by atoms with van der Waals surface area (Å²) in [6, 6.07) is 14.3. The highest BCUT2D eigenvalue weighted by atomic mass is 16.5. The quantitative estimate of drug-likeness (QED) is 0.788. The van der Waals surface area contributed by atoms with Crippen LogP contribution >= 0.6 is 0 Å². The maximum Gasteiger partial charge on any atom is 0.168 e. The van der Waals surface area contributed by atoms with E-state index in [4.69, 9.17) is 4.74 Å². The maximum atomic E-state index is 12.6. The van der Waals surface area contributed by atoms with Crippen LogP contribution in [-0.4, -0.2) is 18.0 Å². The van der Waals surface area contributed by atoms with Crippen LogP contribution in [0.3, 0.4) is 0 Å². The van der Waals surface area contributed by atoms with Crippen LogP contribution in [0.1, 0.15) is 32.8 Å². The summed E-state index contributed by atoms with van der Waals surface area (Å²) >= 11 is 0. The number of carbonyl (C=O) groups excluding carboxylic acids is 1. The van der Waals surface area contributed by atoms with Gasteiger partial charge in [0.2, 0.25) is 0 Å². The topological polar surface area (TPSA) is 26.3 Å². The molecule has 1 atom stereocenters. The van der Waals surface area contributed by atoms with E-state index in [0.717, 1.165) is 10.9 Å². The Morgan fingerprint density at radius 3 is 2.50 bits per heavy atom. The van der Waals surface area contributed by atoms with Crippen molar-refractivity contribution in [3.63, 3.8) is 0 Å². The van der Waals surface area contributed by atoms with Crippen LogP contribution in [0.25, 0.3) is 10.8 Å². The first kappa shape index (κ1) is 14.7. The molecule has 0 aliphatic heterocycles. The third-order valence-electron chi connectivity index (χ3n) is 3.96. The first-order valence-corrected chi connectivity index (χ1v) is 7.24. The number of hydrogen-bond acceptors (Lipinski definition) is 2. The molecule has 2 heteroatoms. The fraction of sp³-hybridized carbons (Fsp3) is 0.389. The van der Waals surface area contributed by atoms with Crippen LogP contribution < -0.4 is 0 Å². The molecule has 0 heterocycles. The van der Waals surface area contributed by atoms with Crippen molar-refractivity contribution in [3.05, 3.63) is 48.0 Å². The predicted octanol–water partition coefficient (Wildman–Crippen LogP) is 4.16. The molecule has 1 unspecified atom stereocenters. The standard InChI is InChI=1S/C18H22O2/c1-4-18(3,20-5-2)17(19)13-15-11-8-10-14-9-6-7-12-16(14)15/h6-12H,4-5,13H2,1-3H3. The highest BCUT2D eigenvalue weighted by molar-refractivity contribution is 5.94. The van der Waals surface area contributed by atoms with Crippen LogP contribution in [0.4, 0.5) is 0 Å². The van der Waals surface area contributed by atoms with Crippen LogP contribution in [0.15, 0.2) is 42.5 Å². The van der Waals surface area contributed by atoms with E-state index in [-0.39, 0.29) is 5.78 Å². The van der Waals surface area contributed by atoms with E-state index in [1.807, 2.05) is 45.0 Å². The first-order valence-electron chi connectivity index (χ1n) is 7.24. The highest BCUT2D eigenvalue weighted by Crippen LogP contribution is 2.23. The van der Waals surface area contributed by atoms with E-state index in [2.05, 4.69) is 18.2 Å². The molecule has 20 heavy (non-hydrogen) atoms. The van der Waals surface area contributed by atoms with Gasteiger partial charge in [-0.25, -0.2) is 0 Å². The largest absolute Gasteiger partial charge is 0.368 e. The second-order valence-electron chi connectivity index (χ2n) is 5.26. The molecule has 0 aromatic heterocycles. The van der Waals surface area contributed by atoms with Crippen molar-refractivity contribution >= 4 is 16.6 Å². The number of ether oxygens (including phenoxy) is 1. The zero-order chi connectivity index (χ0) is 14.6. The van der Waals surface area contributed by atoms with Crippen molar-refractivity contribution < 1.29 is 9.53 Å². The van der Waals surface area contributed by atoms with Crippen molar-refractivity contribution in [1.29, 1.82) is 0 Å². The van der Waals surface area contributed by atoms with E-state index < -0.39 is 5.60 Å². The number of carbonyl (C=O) groups is 1. The summed E-state index contributed by atoms with van der Waals surface area (Å²) in [5.74, 6) is 0.151. The molecule has 0 aliphatic carbocycles. The fourth-order valence-electron chi connectivity index (χ4n) is 2.50. The Labute approximate surface area is 120 Å². The van der Waals surface area contributed by atoms with E-state index in [0.29, 0.717) is 19.4 Å². The molecule has 0 aliphatic rings. The maximum absolute atomic E-state index is 12.6. The van der Waals surface area contributed by atoms with Crippen molar-refractivity contribution in [3.8, 4) is 0 Å². The predicted molar refractivity (Wildman–Crippen MR) is 83.0 cm³/mol. The van der Waals surface area contributed by atoms with E-state index >= 15 is 0 Å².